The lowest BCUT2D eigenvalue weighted by atomic mass is 10.1. The van der Waals surface area contributed by atoms with Gasteiger partial charge in [0.15, 0.2) is 5.69 Å². The predicted octanol–water partition coefficient (Wildman–Crippen LogP) is 3.28. The highest BCUT2D eigenvalue weighted by molar-refractivity contribution is 6.04. The molecule has 2 aromatic carbocycles. The molecule has 1 heterocycles. The molecule has 0 aliphatic heterocycles. The average Bonchev–Trinajstić information content (AvgIpc) is 3.04. The number of carbonyl (C=O) groups excluding carboxylic acids is 2. The van der Waals surface area contributed by atoms with E-state index in [1.54, 1.807) is 36.4 Å². The zero-order chi connectivity index (χ0) is 20.3. The van der Waals surface area contributed by atoms with Crippen LogP contribution < -0.4 is 11.1 Å². The number of hydrogen-bond donors (Lipinski definition) is 2. The fourth-order valence-electron chi connectivity index (χ4n) is 2.84. The zero-order valence-corrected chi connectivity index (χ0v) is 15.4. The maximum atomic E-state index is 12.5. The standard InChI is InChI=1S/C21H18N4O3/c1-13-5-3-6-14(9-13)20(26)24-16-7-4-8-17(10-16)25-12-15(11-22)18(23)19(25)21(27)28-2/h3-10,12H,23H2,1-2H3,(H,24,26). The molecule has 0 atom stereocenters. The fraction of sp³-hybridized carbons (Fsp3) is 0.0952. The number of nitrogens with one attached hydrogen (secondary N) is 1. The van der Waals surface area contributed by atoms with Gasteiger partial charge in [-0.2, -0.15) is 5.26 Å². The number of nitrogen functional groups attached to an aromatic ring is 1. The molecule has 3 N–H and O–H groups in total. The van der Waals surface area contributed by atoms with E-state index in [0.29, 0.717) is 16.9 Å². The van der Waals surface area contributed by atoms with E-state index in [1.165, 1.54) is 17.9 Å². The van der Waals surface area contributed by atoms with E-state index in [9.17, 15) is 14.9 Å². The summed E-state index contributed by atoms with van der Waals surface area (Å²) in [5, 5.41) is 12.1. The second kappa shape index (κ2) is 7.68. The first-order valence-electron chi connectivity index (χ1n) is 8.42. The van der Waals surface area contributed by atoms with Crippen LogP contribution in [0.2, 0.25) is 0 Å². The maximum Gasteiger partial charge on any atom is 0.357 e. The normalized spacial score (nSPS) is 10.2. The van der Waals surface area contributed by atoms with E-state index >= 15 is 0 Å². The van der Waals surface area contributed by atoms with Crippen molar-refractivity contribution in [3.8, 4) is 11.8 Å². The van der Waals surface area contributed by atoms with E-state index in [0.717, 1.165) is 5.56 Å². The summed E-state index contributed by atoms with van der Waals surface area (Å²) in [4.78, 5) is 24.6. The number of aromatic nitrogens is 1. The molecule has 0 aliphatic rings. The van der Waals surface area contributed by atoms with Crippen molar-refractivity contribution in [2.45, 2.75) is 6.92 Å². The largest absolute Gasteiger partial charge is 0.464 e. The molecular weight excluding hydrogens is 356 g/mol. The molecule has 3 aromatic rings. The van der Waals surface area contributed by atoms with Crippen LogP contribution >= 0.6 is 0 Å². The SMILES string of the molecule is COC(=O)c1c(N)c(C#N)cn1-c1cccc(NC(=O)c2cccc(C)c2)c1. The highest BCUT2D eigenvalue weighted by Crippen LogP contribution is 2.26. The van der Waals surface area contributed by atoms with E-state index in [1.807, 2.05) is 25.1 Å². The van der Waals surface area contributed by atoms with Crippen LogP contribution in [0, 0.1) is 18.3 Å². The van der Waals surface area contributed by atoms with Crippen molar-refractivity contribution in [2.75, 3.05) is 18.2 Å². The summed E-state index contributed by atoms with van der Waals surface area (Å²) in [6, 6.07) is 16.1. The number of esters is 1. The van der Waals surface area contributed by atoms with Crippen LogP contribution in [0.5, 0.6) is 0 Å². The topological polar surface area (TPSA) is 110 Å². The van der Waals surface area contributed by atoms with Crippen molar-refractivity contribution in [2.24, 2.45) is 0 Å². The summed E-state index contributed by atoms with van der Waals surface area (Å²) >= 11 is 0. The lowest BCUT2D eigenvalue weighted by Gasteiger charge is -2.11. The number of aryl methyl sites for hydroxylation is 1. The van der Waals surface area contributed by atoms with Gasteiger partial charge in [-0.1, -0.05) is 23.8 Å². The molecule has 0 fully saturated rings. The van der Waals surface area contributed by atoms with Crippen LogP contribution in [0.4, 0.5) is 11.4 Å². The van der Waals surface area contributed by atoms with Crippen molar-refractivity contribution in [3.05, 3.63) is 77.1 Å². The molecule has 1 amide bonds. The first kappa shape index (κ1) is 18.7. The molecule has 0 aliphatic carbocycles. The number of ether oxygens (including phenoxy) is 1. The highest BCUT2D eigenvalue weighted by atomic mass is 16.5. The molecule has 0 unspecified atom stereocenters. The zero-order valence-electron chi connectivity index (χ0n) is 15.4. The number of rotatable bonds is 4. The Bertz CT molecular complexity index is 1110. The molecule has 0 bridgehead atoms. The first-order chi connectivity index (χ1) is 13.4. The molecule has 3 rings (SSSR count). The molecule has 0 saturated carbocycles. The smallest absolute Gasteiger partial charge is 0.357 e. The van der Waals surface area contributed by atoms with Gasteiger partial charge in [0.1, 0.15) is 6.07 Å². The van der Waals surface area contributed by atoms with Gasteiger partial charge in [-0.05, 0) is 37.3 Å². The van der Waals surface area contributed by atoms with E-state index in [-0.39, 0.29) is 22.9 Å². The van der Waals surface area contributed by atoms with Crippen molar-refractivity contribution in [1.29, 1.82) is 5.26 Å². The van der Waals surface area contributed by atoms with Crippen LogP contribution in [-0.4, -0.2) is 23.6 Å². The number of anilines is 2. The molecule has 7 heteroatoms. The van der Waals surface area contributed by atoms with Crippen LogP contribution in [0.15, 0.2) is 54.7 Å². The minimum atomic E-state index is -0.659. The Morgan fingerprint density at radius 2 is 1.93 bits per heavy atom. The van der Waals surface area contributed by atoms with Crippen molar-refractivity contribution < 1.29 is 14.3 Å². The van der Waals surface area contributed by atoms with Crippen LogP contribution in [-0.2, 0) is 4.74 Å². The summed E-state index contributed by atoms with van der Waals surface area (Å²) < 4.78 is 6.26. The second-order valence-corrected chi connectivity index (χ2v) is 6.15. The number of benzene rings is 2. The third-order valence-corrected chi connectivity index (χ3v) is 4.21. The minimum Gasteiger partial charge on any atom is -0.464 e. The monoisotopic (exact) mass is 374 g/mol. The van der Waals surface area contributed by atoms with Crippen LogP contribution in [0.25, 0.3) is 5.69 Å². The van der Waals surface area contributed by atoms with Gasteiger partial charge in [0.05, 0.1) is 18.4 Å². The Hall–Kier alpha value is -4.05. The Labute approximate surface area is 162 Å². The second-order valence-electron chi connectivity index (χ2n) is 6.15. The molecular formula is C21H18N4O3. The third-order valence-electron chi connectivity index (χ3n) is 4.21. The van der Waals surface area contributed by atoms with Gasteiger partial charge in [-0.15, -0.1) is 0 Å². The summed E-state index contributed by atoms with van der Waals surface area (Å²) in [7, 11) is 1.24. The van der Waals surface area contributed by atoms with Crippen molar-refractivity contribution in [1.82, 2.24) is 4.57 Å². The summed E-state index contributed by atoms with van der Waals surface area (Å²) in [5.74, 6) is -0.910. The molecule has 28 heavy (non-hydrogen) atoms. The van der Waals surface area contributed by atoms with Gasteiger partial charge < -0.3 is 20.4 Å². The van der Waals surface area contributed by atoms with E-state index in [2.05, 4.69) is 5.32 Å². The first-order valence-corrected chi connectivity index (χ1v) is 8.42. The Morgan fingerprint density at radius 3 is 2.61 bits per heavy atom. The van der Waals surface area contributed by atoms with Gasteiger partial charge in [0.2, 0.25) is 0 Å². The third kappa shape index (κ3) is 3.57. The van der Waals surface area contributed by atoms with Gasteiger partial charge >= 0.3 is 5.97 Å². The number of amides is 1. The maximum absolute atomic E-state index is 12.5. The Balaban J connectivity index is 1.97. The molecule has 140 valence electrons. The quantitative estimate of drug-likeness (QED) is 0.681. The lowest BCUT2D eigenvalue weighted by Crippen LogP contribution is -2.13. The Kier molecular flexibility index (Phi) is 5.14. The molecule has 7 nitrogen and oxygen atoms in total. The number of nitrogens with zero attached hydrogens (tertiary/aromatic N) is 2. The molecule has 0 radical (unpaired) electrons. The number of nitriles is 1. The highest BCUT2D eigenvalue weighted by Gasteiger charge is 2.21. The van der Waals surface area contributed by atoms with Gasteiger partial charge in [0, 0.05) is 23.1 Å². The number of nitrogens with two attached hydrogens (primary N) is 1. The van der Waals surface area contributed by atoms with Crippen molar-refractivity contribution >= 4 is 23.3 Å². The molecule has 0 saturated heterocycles. The van der Waals surface area contributed by atoms with Gasteiger partial charge in [-0.3, -0.25) is 4.79 Å². The lowest BCUT2D eigenvalue weighted by molar-refractivity contribution is 0.0593. The van der Waals surface area contributed by atoms with Crippen LogP contribution in [0.3, 0.4) is 0 Å². The molecule has 1 aromatic heterocycles. The number of hydrogen-bond acceptors (Lipinski definition) is 5. The Morgan fingerprint density at radius 1 is 1.18 bits per heavy atom. The predicted molar refractivity (Wildman–Crippen MR) is 105 cm³/mol. The van der Waals surface area contributed by atoms with E-state index in [4.69, 9.17) is 10.5 Å². The summed E-state index contributed by atoms with van der Waals surface area (Å²) in [6.07, 6.45) is 1.46. The van der Waals surface area contributed by atoms with Gasteiger partial charge in [-0.25, -0.2) is 4.79 Å². The van der Waals surface area contributed by atoms with Crippen molar-refractivity contribution in [3.63, 3.8) is 0 Å². The minimum absolute atomic E-state index is 0.0450. The van der Waals surface area contributed by atoms with Crippen LogP contribution in [0.1, 0.15) is 32.0 Å². The van der Waals surface area contributed by atoms with Gasteiger partial charge in [0.25, 0.3) is 5.91 Å². The molecule has 0 spiro atoms. The van der Waals surface area contributed by atoms with E-state index < -0.39 is 5.97 Å². The summed E-state index contributed by atoms with van der Waals surface area (Å²) in [6.45, 7) is 1.91. The average molecular weight is 374 g/mol. The number of methoxy groups -OCH3 is 1. The fourth-order valence-corrected chi connectivity index (χ4v) is 2.84. The number of carbonyl (C=O) groups is 2. The summed E-state index contributed by atoms with van der Waals surface area (Å²) in [5.41, 5.74) is 8.79.